The molecule has 5 heteroatoms. The van der Waals surface area contributed by atoms with Gasteiger partial charge >= 0.3 is 0 Å². The molecule has 0 unspecified atom stereocenters. The van der Waals surface area contributed by atoms with E-state index in [9.17, 15) is 4.79 Å². The van der Waals surface area contributed by atoms with E-state index in [4.69, 9.17) is 4.43 Å². The van der Waals surface area contributed by atoms with Crippen LogP contribution < -0.4 is 0 Å². The van der Waals surface area contributed by atoms with Crippen LogP contribution in [0.1, 0.15) is 64.5 Å². The summed E-state index contributed by atoms with van der Waals surface area (Å²) in [7, 11) is -1.74. The number of nitrogens with zero attached hydrogens (tertiary/aromatic N) is 2. The molecule has 0 radical (unpaired) electrons. The van der Waals surface area contributed by atoms with E-state index in [2.05, 4.69) is 67.7 Å². The van der Waals surface area contributed by atoms with Crippen molar-refractivity contribution in [2.24, 2.45) is 5.92 Å². The fourth-order valence-corrected chi connectivity index (χ4v) is 6.02. The molecule has 1 atom stereocenters. The van der Waals surface area contributed by atoms with Gasteiger partial charge in [0.15, 0.2) is 8.32 Å². The summed E-state index contributed by atoms with van der Waals surface area (Å²) in [6.45, 7) is 11.5. The summed E-state index contributed by atoms with van der Waals surface area (Å²) < 4.78 is 8.78. The summed E-state index contributed by atoms with van der Waals surface area (Å²) in [5, 5.41) is 0.234. The first-order valence-corrected chi connectivity index (χ1v) is 13.9. The molecule has 1 aliphatic heterocycles. The van der Waals surface area contributed by atoms with E-state index >= 15 is 0 Å². The van der Waals surface area contributed by atoms with Gasteiger partial charge in [-0.3, -0.25) is 4.79 Å². The molecule has 2 heterocycles. The number of fused-ring (bicyclic) bond motifs is 3. The van der Waals surface area contributed by atoms with Crippen LogP contribution in [0.3, 0.4) is 0 Å². The molecule has 0 N–H and O–H groups in total. The van der Waals surface area contributed by atoms with Crippen molar-refractivity contribution < 1.29 is 9.22 Å². The van der Waals surface area contributed by atoms with E-state index < -0.39 is 8.32 Å². The fraction of sp³-hybridized carbons (Fsp3) is 0.583. The number of hydrogen-bond donors (Lipinski definition) is 0. The van der Waals surface area contributed by atoms with Crippen LogP contribution in [0.25, 0.3) is 11.3 Å². The first-order valence-electron chi connectivity index (χ1n) is 11.0. The Labute approximate surface area is 175 Å². The number of aromatic nitrogens is 2. The standard InChI is InChI=1S/C24H34N2O2Si/c1-24(2,3)29(4,5)28-18-12-10-17(11-13-18)23(27)14-21-19-8-6-7-9-20(19)22-15-25-16-26(21)22/h6-9,15-18,21H,10-14H2,1-5H3/t17?,18?,21-/m0/s1. The number of rotatable bonds is 5. The van der Waals surface area contributed by atoms with Gasteiger partial charge < -0.3 is 8.99 Å². The molecule has 1 aliphatic carbocycles. The lowest BCUT2D eigenvalue weighted by atomic mass is 9.82. The van der Waals surface area contributed by atoms with E-state index in [1.165, 1.54) is 11.1 Å². The van der Waals surface area contributed by atoms with Gasteiger partial charge in [-0.25, -0.2) is 4.98 Å². The van der Waals surface area contributed by atoms with E-state index in [1.807, 2.05) is 12.5 Å². The molecule has 0 amide bonds. The molecule has 0 bridgehead atoms. The van der Waals surface area contributed by atoms with Gasteiger partial charge in [0.1, 0.15) is 5.78 Å². The van der Waals surface area contributed by atoms with Gasteiger partial charge in [-0.15, -0.1) is 0 Å². The first kappa shape index (κ1) is 20.5. The first-order chi connectivity index (χ1) is 13.7. The molecule has 1 saturated carbocycles. The number of imidazole rings is 1. The van der Waals surface area contributed by atoms with Crippen molar-refractivity contribution in [1.82, 2.24) is 9.55 Å². The van der Waals surface area contributed by atoms with Crippen molar-refractivity contribution in [3.05, 3.63) is 42.4 Å². The Kier molecular flexibility index (Phi) is 5.32. The monoisotopic (exact) mass is 410 g/mol. The Morgan fingerprint density at radius 2 is 1.86 bits per heavy atom. The Bertz CT molecular complexity index is 888. The SMILES string of the molecule is CC(C)(C)[Si](C)(C)OC1CCC(C(=O)C[C@H]2c3ccccc3-c3cncn32)CC1. The molecule has 156 valence electrons. The molecule has 1 aromatic heterocycles. The fourth-order valence-electron chi connectivity index (χ4n) is 4.59. The smallest absolute Gasteiger partial charge is 0.192 e. The van der Waals surface area contributed by atoms with E-state index in [1.54, 1.807) is 0 Å². The Morgan fingerprint density at radius 1 is 1.17 bits per heavy atom. The number of carbonyl (C=O) groups is 1. The number of carbonyl (C=O) groups excluding carboxylic acids is 1. The minimum atomic E-state index is -1.74. The maximum absolute atomic E-state index is 13.2. The van der Waals surface area contributed by atoms with Gasteiger partial charge in [0, 0.05) is 24.0 Å². The van der Waals surface area contributed by atoms with E-state index in [0.29, 0.717) is 18.3 Å². The van der Waals surface area contributed by atoms with E-state index in [-0.39, 0.29) is 17.0 Å². The predicted molar refractivity (Wildman–Crippen MR) is 119 cm³/mol. The number of ketones is 1. The van der Waals surface area contributed by atoms with Gasteiger partial charge in [0.2, 0.25) is 0 Å². The van der Waals surface area contributed by atoms with Crippen molar-refractivity contribution in [2.75, 3.05) is 0 Å². The van der Waals surface area contributed by atoms with Gasteiger partial charge in [0.25, 0.3) is 0 Å². The van der Waals surface area contributed by atoms with Crippen LogP contribution in [0.5, 0.6) is 0 Å². The number of Topliss-reactive ketones (excluding diaryl/α,β-unsaturated/α-hetero) is 1. The van der Waals surface area contributed by atoms with Crippen LogP contribution in [0.15, 0.2) is 36.8 Å². The van der Waals surface area contributed by atoms with E-state index in [0.717, 1.165) is 31.4 Å². The van der Waals surface area contributed by atoms with Crippen molar-refractivity contribution in [3.8, 4) is 11.3 Å². The topological polar surface area (TPSA) is 44.1 Å². The highest BCUT2D eigenvalue weighted by Crippen LogP contribution is 2.43. The molecule has 2 aromatic rings. The molecule has 1 fully saturated rings. The third-order valence-corrected chi connectivity index (χ3v) is 11.9. The molecular formula is C24H34N2O2Si. The summed E-state index contributed by atoms with van der Waals surface area (Å²) in [6.07, 6.45) is 8.63. The maximum atomic E-state index is 13.2. The normalized spacial score (nSPS) is 24.2. The molecule has 4 rings (SSSR count). The van der Waals surface area contributed by atoms with Crippen LogP contribution >= 0.6 is 0 Å². The number of hydrogen-bond acceptors (Lipinski definition) is 3. The zero-order chi connectivity index (χ0) is 20.8. The van der Waals surface area contributed by atoms with Gasteiger partial charge in [-0.05, 0) is 49.4 Å². The Morgan fingerprint density at radius 3 is 2.55 bits per heavy atom. The third-order valence-electron chi connectivity index (χ3n) is 7.39. The Hall–Kier alpha value is -1.72. The highest BCUT2D eigenvalue weighted by atomic mass is 28.4. The lowest BCUT2D eigenvalue weighted by Crippen LogP contribution is -2.45. The second-order valence-corrected chi connectivity index (χ2v) is 15.1. The van der Waals surface area contributed by atoms with Gasteiger partial charge in [-0.1, -0.05) is 45.0 Å². The van der Waals surface area contributed by atoms with Crippen LogP contribution in [0.4, 0.5) is 0 Å². The summed E-state index contributed by atoms with van der Waals surface area (Å²) in [6, 6.07) is 8.52. The van der Waals surface area contributed by atoms with Crippen LogP contribution in [0, 0.1) is 5.92 Å². The summed E-state index contributed by atoms with van der Waals surface area (Å²) >= 11 is 0. The second kappa shape index (κ2) is 7.51. The Balaban J connectivity index is 1.38. The summed E-state index contributed by atoms with van der Waals surface area (Å²) in [5.74, 6) is 0.575. The molecule has 2 aliphatic rings. The maximum Gasteiger partial charge on any atom is 0.192 e. The lowest BCUT2D eigenvalue weighted by Gasteiger charge is -2.41. The van der Waals surface area contributed by atoms with Crippen LogP contribution in [-0.4, -0.2) is 29.8 Å². The zero-order valence-corrected chi connectivity index (χ0v) is 19.4. The second-order valence-electron chi connectivity index (χ2n) is 10.3. The molecule has 4 nitrogen and oxygen atoms in total. The lowest BCUT2D eigenvalue weighted by molar-refractivity contribution is -0.124. The van der Waals surface area contributed by atoms with Crippen LogP contribution in [0.2, 0.25) is 18.1 Å². The average Bonchev–Trinajstić information content (AvgIpc) is 3.24. The molecule has 0 spiro atoms. The molecular weight excluding hydrogens is 376 g/mol. The van der Waals surface area contributed by atoms with Crippen molar-refractivity contribution in [2.45, 2.75) is 83.2 Å². The predicted octanol–water partition coefficient (Wildman–Crippen LogP) is 5.99. The molecule has 1 aromatic carbocycles. The molecule has 0 saturated heterocycles. The van der Waals surface area contributed by atoms with Gasteiger partial charge in [0.05, 0.1) is 24.3 Å². The quantitative estimate of drug-likeness (QED) is 0.568. The minimum Gasteiger partial charge on any atom is -0.414 e. The van der Waals surface area contributed by atoms with Gasteiger partial charge in [-0.2, -0.15) is 0 Å². The summed E-state index contributed by atoms with van der Waals surface area (Å²) in [5.41, 5.74) is 3.60. The van der Waals surface area contributed by atoms with Crippen LogP contribution in [-0.2, 0) is 9.22 Å². The number of benzene rings is 1. The van der Waals surface area contributed by atoms with Crippen molar-refractivity contribution in [1.29, 1.82) is 0 Å². The summed E-state index contributed by atoms with van der Waals surface area (Å²) in [4.78, 5) is 17.5. The highest BCUT2D eigenvalue weighted by molar-refractivity contribution is 6.74. The van der Waals surface area contributed by atoms with Crippen molar-refractivity contribution in [3.63, 3.8) is 0 Å². The highest BCUT2D eigenvalue weighted by Gasteiger charge is 2.40. The zero-order valence-electron chi connectivity index (χ0n) is 18.4. The average molecular weight is 411 g/mol. The largest absolute Gasteiger partial charge is 0.414 e. The molecule has 29 heavy (non-hydrogen) atoms. The third kappa shape index (κ3) is 3.87. The minimum absolute atomic E-state index is 0.0948. The van der Waals surface area contributed by atoms with Crippen molar-refractivity contribution >= 4 is 14.1 Å².